The van der Waals surface area contributed by atoms with Crippen LogP contribution in [0.4, 0.5) is 0 Å². The van der Waals surface area contributed by atoms with Crippen LogP contribution in [-0.2, 0) is 4.79 Å². The molecule has 17 heavy (non-hydrogen) atoms. The highest BCUT2D eigenvalue weighted by molar-refractivity contribution is 5.85. The minimum atomic E-state index is -0.381. The zero-order chi connectivity index (χ0) is 11.7. The Kier molecular flexibility index (Phi) is 18.3. The van der Waals surface area contributed by atoms with Gasteiger partial charge in [0.05, 0.1) is 6.04 Å². The molecular weight excluding hydrogens is 261 g/mol. The van der Waals surface area contributed by atoms with Crippen molar-refractivity contribution in [3.05, 3.63) is 0 Å². The summed E-state index contributed by atoms with van der Waals surface area (Å²) in [4.78, 5) is 11.4. The summed E-state index contributed by atoms with van der Waals surface area (Å²) in [6, 6.07) is -0.381. The number of carbonyl (C=O) groups is 1. The molecule has 0 spiro atoms. The van der Waals surface area contributed by atoms with E-state index in [0.717, 1.165) is 38.8 Å². The number of amides is 1. The van der Waals surface area contributed by atoms with Gasteiger partial charge in [-0.25, -0.2) is 0 Å². The predicted octanol–water partition coefficient (Wildman–Crippen LogP) is 1.45. The van der Waals surface area contributed by atoms with Crippen LogP contribution in [-0.4, -0.2) is 25.0 Å². The molecular formula is C11H27Cl2N3O. The second-order valence-electron chi connectivity index (χ2n) is 4.26. The van der Waals surface area contributed by atoms with Crippen LogP contribution >= 0.6 is 24.8 Å². The molecule has 0 aromatic rings. The minimum Gasteiger partial charge on any atom is -0.355 e. The van der Waals surface area contributed by atoms with Gasteiger partial charge < -0.3 is 16.8 Å². The Morgan fingerprint density at radius 2 is 1.65 bits per heavy atom. The summed E-state index contributed by atoms with van der Waals surface area (Å²) in [5, 5.41) is 2.85. The minimum absolute atomic E-state index is 0. The fourth-order valence-corrected chi connectivity index (χ4v) is 1.26. The van der Waals surface area contributed by atoms with Crippen LogP contribution in [0, 0.1) is 5.92 Å². The summed E-state index contributed by atoms with van der Waals surface area (Å²) < 4.78 is 0. The van der Waals surface area contributed by atoms with Gasteiger partial charge in [-0.05, 0) is 25.3 Å². The Balaban J connectivity index is -0.000000980. The van der Waals surface area contributed by atoms with Crippen LogP contribution in [0.2, 0.25) is 0 Å². The number of nitrogens with one attached hydrogen (secondary N) is 1. The topological polar surface area (TPSA) is 81.1 Å². The average Bonchev–Trinajstić information content (AvgIpc) is 2.21. The van der Waals surface area contributed by atoms with Gasteiger partial charge in [-0.1, -0.05) is 26.7 Å². The van der Waals surface area contributed by atoms with E-state index in [2.05, 4.69) is 5.32 Å². The smallest absolute Gasteiger partial charge is 0.237 e. The molecule has 0 aliphatic carbocycles. The second-order valence-corrected chi connectivity index (χ2v) is 4.26. The van der Waals surface area contributed by atoms with Gasteiger partial charge in [0, 0.05) is 6.54 Å². The largest absolute Gasteiger partial charge is 0.355 e. The van der Waals surface area contributed by atoms with E-state index in [-0.39, 0.29) is 42.7 Å². The highest BCUT2D eigenvalue weighted by atomic mass is 35.5. The number of nitrogens with two attached hydrogens (primary N) is 2. The van der Waals surface area contributed by atoms with Crippen LogP contribution in [0.1, 0.15) is 39.5 Å². The Hall–Kier alpha value is -0.0300. The van der Waals surface area contributed by atoms with E-state index in [0.29, 0.717) is 0 Å². The summed E-state index contributed by atoms with van der Waals surface area (Å²) in [6.07, 6.45) is 4.34. The SMILES string of the molecule is CC(C)[C@H](N)C(=O)NCCCCCCN.Cl.Cl. The van der Waals surface area contributed by atoms with E-state index in [1.165, 1.54) is 0 Å². The van der Waals surface area contributed by atoms with E-state index in [4.69, 9.17) is 11.5 Å². The second kappa shape index (κ2) is 14.0. The standard InChI is InChI=1S/C11H25N3O.2ClH/c1-9(2)10(13)11(15)14-8-6-4-3-5-7-12;;/h9-10H,3-8,12-13H2,1-2H3,(H,14,15);2*1H/t10-;;/m0../s1. The number of unbranched alkanes of at least 4 members (excludes halogenated alkanes) is 3. The lowest BCUT2D eigenvalue weighted by molar-refractivity contribution is -0.123. The molecule has 0 heterocycles. The van der Waals surface area contributed by atoms with Crippen molar-refractivity contribution in [3.63, 3.8) is 0 Å². The highest BCUT2D eigenvalue weighted by Crippen LogP contribution is 1.99. The Morgan fingerprint density at radius 3 is 2.12 bits per heavy atom. The van der Waals surface area contributed by atoms with Gasteiger partial charge in [-0.2, -0.15) is 0 Å². The highest BCUT2D eigenvalue weighted by Gasteiger charge is 2.15. The Morgan fingerprint density at radius 1 is 1.12 bits per heavy atom. The third-order valence-corrected chi connectivity index (χ3v) is 2.45. The van der Waals surface area contributed by atoms with Gasteiger partial charge in [0.1, 0.15) is 0 Å². The zero-order valence-corrected chi connectivity index (χ0v) is 12.4. The van der Waals surface area contributed by atoms with E-state index >= 15 is 0 Å². The number of hydrogen-bond acceptors (Lipinski definition) is 3. The van der Waals surface area contributed by atoms with E-state index in [9.17, 15) is 4.79 Å². The van der Waals surface area contributed by atoms with Crippen molar-refractivity contribution in [1.82, 2.24) is 5.32 Å². The summed E-state index contributed by atoms with van der Waals surface area (Å²) in [5.41, 5.74) is 11.1. The fourth-order valence-electron chi connectivity index (χ4n) is 1.26. The molecule has 0 aliphatic rings. The molecule has 0 fully saturated rings. The lowest BCUT2D eigenvalue weighted by Gasteiger charge is -2.15. The Bertz CT molecular complexity index is 180. The van der Waals surface area contributed by atoms with Crippen molar-refractivity contribution >= 4 is 30.7 Å². The monoisotopic (exact) mass is 287 g/mol. The van der Waals surface area contributed by atoms with Crippen molar-refractivity contribution in [1.29, 1.82) is 0 Å². The lowest BCUT2D eigenvalue weighted by atomic mass is 10.1. The first-order valence-electron chi connectivity index (χ1n) is 5.83. The number of carbonyl (C=O) groups excluding carboxylic acids is 1. The normalized spacial score (nSPS) is 11.4. The molecule has 4 nitrogen and oxygen atoms in total. The molecule has 0 aliphatic heterocycles. The molecule has 0 unspecified atom stereocenters. The first-order chi connectivity index (χ1) is 7.09. The van der Waals surface area contributed by atoms with Crippen LogP contribution in [0.5, 0.6) is 0 Å². The zero-order valence-electron chi connectivity index (χ0n) is 10.8. The molecule has 0 rings (SSSR count). The molecule has 0 saturated heterocycles. The van der Waals surface area contributed by atoms with Crippen LogP contribution in [0.15, 0.2) is 0 Å². The first-order valence-corrected chi connectivity index (χ1v) is 5.83. The first kappa shape index (κ1) is 22.2. The van der Waals surface area contributed by atoms with Gasteiger partial charge in [0.25, 0.3) is 0 Å². The lowest BCUT2D eigenvalue weighted by Crippen LogP contribution is -2.44. The molecule has 0 saturated carbocycles. The van der Waals surface area contributed by atoms with Gasteiger partial charge in [-0.15, -0.1) is 24.8 Å². The third kappa shape index (κ3) is 12.2. The molecule has 0 bridgehead atoms. The van der Waals surface area contributed by atoms with E-state index in [1.807, 2.05) is 13.8 Å². The molecule has 6 heteroatoms. The molecule has 0 radical (unpaired) electrons. The molecule has 0 aromatic heterocycles. The fraction of sp³-hybridized carbons (Fsp3) is 0.909. The maximum Gasteiger partial charge on any atom is 0.237 e. The van der Waals surface area contributed by atoms with E-state index in [1.54, 1.807) is 0 Å². The summed E-state index contributed by atoms with van der Waals surface area (Å²) in [5.74, 6) is 0.158. The maximum absolute atomic E-state index is 11.4. The number of hydrogen-bond donors (Lipinski definition) is 3. The number of halogens is 2. The molecule has 1 atom stereocenters. The van der Waals surface area contributed by atoms with Crippen LogP contribution < -0.4 is 16.8 Å². The third-order valence-electron chi connectivity index (χ3n) is 2.45. The van der Waals surface area contributed by atoms with Crippen molar-refractivity contribution in [3.8, 4) is 0 Å². The molecule has 1 amide bonds. The maximum atomic E-state index is 11.4. The van der Waals surface area contributed by atoms with Gasteiger partial charge >= 0.3 is 0 Å². The molecule has 106 valence electrons. The number of rotatable bonds is 8. The molecule has 5 N–H and O–H groups in total. The van der Waals surface area contributed by atoms with Gasteiger partial charge in [0.2, 0.25) is 5.91 Å². The average molecular weight is 288 g/mol. The van der Waals surface area contributed by atoms with Crippen molar-refractivity contribution in [2.45, 2.75) is 45.6 Å². The van der Waals surface area contributed by atoms with Crippen molar-refractivity contribution in [2.75, 3.05) is 13.1 Å². The Labute approximate surface area is 117 Å². The van der Waals surface area contributed by atoms with Crippen molar-refractivity contribution in [2.24, 2.45) is 17.4 Å². The molecule has 0 aromatic carbocycles. The quantitative estimate of drug-likeness (QED) is 0.591. The summed E-state index contributed by atoms with van der Waals surface area (Å²) >= 11 is 0. The predicted molar refractivity (Wildman–Crippen MR) is 77.8 cm³/mol. The van der Waals surface area contributed by atoms with Crippen molar-refractivity contribution < 1.29 is 4.79 Å². The summed E-state index contributed by atoms with van der Waals surface area (Å²) in [7, 11) is 0. The van der Waals surface area contributed by atoms with E-state index < -0.39 is 0 Å². The van der Waals surface area contributed by atoms with Gasteiger partial charge in [-0.3, -0.25) is 4.79 Å². The summed E-state index contributed by atoms with van der Waals surface area (Å²) in [6.45, 7) is 5.38. The van der Waals surface area contributed by atoms with Gasteiger partial charge in [0.15, 0.2) is 0 Å². The van der Waals surface area contributed by atoms with Crippen LogP contribution in [0.25, 0.3) is 0 Å². The van der Waals surface area contributed by atoms with Crippen LogP contribution in [0.3, 0.4) is 0 Å².